The van der Waals surface area contributed by atoms with E-state index in [1.807, 2.05) is 19.1 Å². The Morgan fingerprint density at radius 3 is 2.15 bits per heavy atom. The second kappa shape index (κ2) is 9.72. The van der Waals surface area contributed by atoms with E-state index >= 15 is 0 Å². The molecule has 1 unspecified atom stereocenters. The predicted molar refractivity (Wildman–Crippen MR) is 111 cm³/mol. The highest BCUT2D eigenvalue weighted by atomic mass is 16.2. The average molecular weight is 364 g/mol. The van der Waals surface area contributed by atoms with Crippen molar-refractivity contribution in [1.82, 2.24) is 5.32 Å². The molecular weight excluding hydrogens is 336 g/mol. The number of carbonyl (C=O) groups is 2. The van der Waals surface area contributed by atoms with Gasteiger partial charge >= 0.3 is 0 Å². The van der Waals surface area contributed by atoms with Crippen molar-refractivity contribution >= 4 is 23.6 Å². The van der Waals surface area contributed by atoms with E-state index in [-0.39, 0.29) is 17.9 Å². The highest BCUT2D eigenvalue weighted by molar-refractivity contribution is 5.92. The van der Waals surface area contributed by atoms with Gasteiger partial charge in [0.15, 0.2) is 0 Å². The minimum atomic E-state index is -0.139. The molecule has 2 amide bonds. The molecule has 0 saturated carbocycles. The van der Waals surface area contributed by atoms with Crippen LogP contribution in [0.4, 0.5) is 5.69 Å². The predicted octanol–water partition coefficient (Wildman–Crippen LogP) is 4.73. The Bertz CT molecular complexity index is 790. The van der Waals surface area contributed by atoms with Crippen LogP contribution in [0, 0.1) is 5.92 Å². The Morgan fingerprint density at radius 2 is 1.59 bits per heavy atom. The fourth-order valence-electron chi connectivity index (χ4n) is 2.81. The second-order valence-corrected chi connectivity index (χ2v) is 7.21. The first-order chi connectivity index (χ1) is 12.8. The molecule has 0 fully saturated rings. The first-order valence-electron chi connectivity index (χ1n) is 9.28. The molecule has 0 bridgehead atoms. The van der Waals surface area contributed by atoms with Crippen LogP contribution in [-0.4, -0.2) is 11.8 Å². The van der Waals surface area contributed by atoms with Gasteiger partial charge in [-0.05, 0) is 54.2 Å². The van der Waals surface area contributed by atoms with Gasteiger partial charge in [0.2, 0.25) is 11.8 Å². The van der Waals surface area contributed by atoms with E-state index in [1.54, 1.807) is 18.2 Å². The van der Waals surface area contributed by atoms with Crippen LogP contribution in [0.2, 0.25) is 0 Å². The molecule has 142 valence electrons. The van der Waals surface area contributed by atoms with Gasteiger partial charge in [-0.2, -0.15) is 0 Å². The van der Waals surface area contributed by atoms with Crippen LogP contribution in [0.5, 0.6) is 0 Å². The van der Waals surface area contributed by atoms with Crippen LogP contribution in [0.25, 0.3) is 6.08 Å². The lowest BCUT2D eigenvalue weighted by Crippen LogP contribution is -2.24. The molecule has 2 aromatic carbocycles. The largest absolute Gasteiger partial charge is 0.346 e. The Morgan fingerprint density at radius 1 is 0.963 bits per heavy atom. The summed E-state index contributed by atoms with van der Waals surface area (Å²) in [6.07, 6.45) is 4.34. The van der Waals surface area contributed by atoms with Crippen molar-refractivity contribution < 1.29 is 9.59 Å². The summed E-state index contributed by atoms with van der Waals surface area (Å²) in [6.45, 7) is 7.86. The van der Waals surface area contributed by atoms with Gasteiger partial charge in [0, 0.05) is 18.7 Å². The smallest absolute Gasteiger partial charge is 0.244 e. The molecule has 0 aliphatic rings. The first kappa shape index (κ1) is 20.4. The minimum absolute atomic E-state index is 0.0580. The molecule has 0 aliphatic carbocycles. The van der Waals surface area contributed by atoms with Gasteiger partial charge in [-0.3, -0.25) is 9.59 Å². The highest BCUT2D eigenvalue weighted by Crippen LogP contribution is 2.16. The van der Waals surface area contributed by atoms with Gasteiger partial charge in [0.05, 0.1) is 6.04 Å². The molecule has 2 N–H and O–H groups in total. The normalized spacial score (nSPS) is 12.2. The van der Waals surface area contributed by atoms with Crippen LogP contribution < -0.4 is 10.6 Å². The van der Waals surface area contributed by atoms with E-state index in [0.29, 0.717) is 5.92 Å². The van der Waals surface area contributed by atoms with Crippen molar-refractivity contribution in [3.05, 3.63) is 71.3 Å². The third kappa shape index (κ3) is 7.10. The lowest BCUT2D eigenvalue weighted by atomic mass is 10.00. The monoisotopic (exact) mass is 364 g/mol. The number of amides is 2. The molecule has 27 heavy (non-hydrogen) atoms. The maximum atomic E-state index is 12.2. The van der Waals surface area contributed by atoms with Gasteiger partial charge in [-0.1, -0.05) is 50.2 Å². The van der Waals surface area contributed by atoms with Crippen LogP contribution in [0.15, 0.2) is 54.6 Å². The average Bonchev–Trinajstić information content (AvgIpc) is 2.60. The van der Waals surface area contributed by atoms with Crippen molar-refractivity contribution in [2.24, 2.45) is 5.92 Å². The Labute approximate surface area is 161 Å². The number of benzene rings is 2. The van der Waals surface area contributed by atoms with Crippen molar-refractivity contribution in [3.8, 4) is 0 Å². The summed E-state index contributed by atoms with van der Waals surface area (Å²) < 4.78 is 0. The Balaban J connectivity index is 1.90. The van der Waals surface area contributed by atoms with E-state index in [9.17, 15) is 9.59 Å². The van der Waals surface area contributed by atoms with Gasteiger partial charge in [-0.25, -0.2) is 0 Å². The summed E-state index contributed by atoms with van der Waals surface area (Å²) in [6, 6.07) is 15.7. The summed E-state index contributed by atoms with van der Waals surface area (Å²) in [4.78, 5) is 23.2. The van der Waals surface area contributed by atoms with Crippen molar-refractivity contribution in [2.75, 3.05) is 5.32 Å². The molecule has 0 aromatic heterocycles. The van der Waals surface area contributed by atoms with Crippen LogP contribution in [0.3, 0.4) is 0 Å². The molecule has 2 rings (SSSR count). The van der Waals surface area contributed by atoms with Crippen LogP contribution in [0.1, 0.15) is 50.4 Å². The molecule has 0 radical (unpaired) electrons. The fourth-order valence-corrected chi connectivity index (χ4v) is 2.81. The lowest BCUT2D eigenvalue weighted by Gasteiger charge is -2.14. The summed E-state index contributed by atoms with van der Waals surface area (Å²) in [5, 5.41) is 5.69. The Kier molecular flexibility index (Phi) is 7.35. The summed E-state index contributed by atoms with van der Waals surface area (Å²) in [5.74, 6) is 0.383. The van der Waals surface area contributed by atoms with Crippen molar-refractivity contribution in [1.29, 1.82) is 0 Å². The molecule has 1 atom stereocenters. The molecule has 4 nitrogen and oxygen atoms in total. The molecule has 0 spiro atoms. The molecule has 0 saturated heterocycles. The van der Waals surface area contributed by atoms with Crippen molar-refractivity contribution in [2.45, 2.75) is 40.2 Å². The quantitative estimate of drug-likeness (QED) is 0.698. The zero-order valence-corrected chi connectivity index (χ0v) is 16.5. The summed E-state index contributed by atoms with van der Waals surface area (Å²) in [5.41, 5.74) is 4.03. The molecule has 4 heteroatoms. The maximum absolute atomic E-state index is 12.2. The molecule has 0 aliphatic heterocycles. The van der Waals surface area contributed by atoms with E-state index in [4.69, 9.17) is 0 Å². The van der Waals surface area contributed by atoms with Crippen molar-refractivity contribution in [3.63, 3.8) is 0 Å². The van der Waals surface area contributed by atoms with E-state index in [0.717, 1.165) is 23.2 Å². The first-order valence-corrected chi connectivity index (χ1v) is 9.28. The van der Waals surface area contributed by atoms with Crippen LogP contribution in [-0.2, 0) is 16.0 Å². The van der Waals surface area contributed by atoms with E-state index in [2.05, 4.69) is 48.7 Å². The van der Waals surface area contributed by atoms with Gasteiger partial charge < -0.3 is 10.6 Å². The number of carbonyl (C=O) groups excluding carboxylic acids is 2. The molecule has 0 heterocycles. The molecule has 2 aromatic rings. The number of rotatable bonds is 7. The van der Waals surface area contributed by atoms with Gasteiger partial charge in [0.1, 0.15) is 0 Å². The number of hydrogen-bond donors (Lipinski definition) is 2. The summed E-state index contributed by atoms with van der Waals surface area (Å²) >= 11 is 0. The standard InChI is InChI=1S/C23H28N2O2/c1-16(2)15-20-5-10-21(11-6-20)17(3)24-23(27)14-9-19-7-12-22(13-8-19)25-18(4)26/h5-14,16-17H,15H2,1-4H3,(H,24,27)(H,25,26)/b14-9+. The lowest BCUT2D eigenvalue weighted by molar-refractivity contribution is -0.117. The number of hydrogen-bond acceptors (Lipinski definition) is 2. The number of nitrogens with one attached hydrogen (secondary N) is 2. The second-order valence-electron chi connectivity index (χ2n) is 7.21. The zero-order chi connectivity index (χ0) is 19.8. The van der Waals surface area contributed by atoms with Gasteiger partial charge in [0.25, 0.3) is 0 Å². The van der Waals surface area contributed by atoms with E-state index < -0.39 is 0 Å². The zero-order valence-electron chi connectivity index (χ0n) is 16.5. The van der Waals surface area contributed by atoms with Crippen LogP contribution >= 0.6 is 0 Å². The topological polar surface area (TPSA) is 58.2 Å². The third-order valence-electron chi connectivity index (χ3n) is 4.14. The fraction of sp³-hybridized carbons (Fsp3) is 0.304. The molecular formula is C23H28N2O2. The third-order valence-corrected chi connectivity index (χ3v) is 4.14. The maximum Gasteiger partial charge on any atom is 0.244 e. The minimum Gasteiger partial charge on any atom is -0.346 e. The Hall–Kier alpha value is -2.88. The highest BCUT2D eigenvalue weighted by Gasteiger charge is 2.08. The van der Waals surface area contributed by atoms with E-state index in [1.165, 1.54) is 18.6 Å². The summed E-state index contributed by atoms with van der Waals surface area (Å²) in [7, 11) is 0. The SMILES string of the molecule is CC(=O)Nc1ccc(/C=C/C(=O)NC(C)c2ccc(CC(C)C)cc2)cc1. The number of anilines is 1. The van der Waals surface area contributed by atoms with Gasteiger partial charge in [-0.15, -0.1) is 0 Å².